The van der Waals surface area contributed by atoms with E-state index in [0.29, 0.717) is 18.5 Å². The number of methoxy groups -OCH3 is 1. The standard InChI is InChI=1S/C19H24N2O/c1-13-19(16-10-6-7-11-18(16)22-3)15-9-5-4-8-14(15)17(12-20)21(13)2/h4-11,13,17,19H,12,20H2,1-3H3. The highest BCUT2D eigenvalue weighted by Crippen LogP contribution is 2.44. The van der Waals surface area contributed by atoms with Gasteiger partial charge in [0.15, 0.2) is 0 Å². The van der Waals surface area contributed by atoms with Crippen LogP contribution in [0.5, 0.6) is 5.75 Å². The predicted octanol–water partition coefficient (Wildman–Crippen LogP) is 3.16. The Labute approximate surface area is 132 Å². The van der Waals surface area contributed by atoms with Gasteiger partial charge in [-0.05, 0) is 31.2 Å². The van der Waals surface area contributed by atoms with E-state index in [9.17, 15) is 0 Å². The molecule has 3 unspecified atom stereocenters. The van der Waals surface area contributed by atoms with Gasteiger partial charge in [-0.2, -0.15) is 0 Å². The van der Waals surface area contributed by atoms with Crippen LogP contribution in [-0.2, 0) is 0 Å². The van der Waals surface area contributed by atoms with Crippen LogP contribution < -0.4 is 10.5 Å². The number of benzene rings is 2. The summed E-state index contributed by atoms with van der Waals surface area (Å²) in [7, 11) is 3.91. The molecule has 1 aliphatic rings. The Morgan fingerprint density at radius 1 is 1.00 bits per heavy atom. The average Bonchev–Trinajstić information content (AvgIpc) is 2.56. The fraction of sp³-hybridized carbons (Fsp3) is 0.368. The van der Waals surface area contributed by atoms with E-state index in [1.54, 1.807) is 7.11 Å². The zero-order valence-electron chi connectivity index (χ0n) is 13.5. The first kappa shape index (κ1) is 15.1. The van der Waals surface area contributed by atoms with Crippen molar-refractivity contribution in [1.29, 1.82) is 0 Å². The Morgan fingerprint density at radius 2 is 1.59 bits per heavy atom. The molecule has 3 heteroatoms. The van der Waals surface area contributed by atoms with Crippen LogP contribution in [0.1, 0.15) is 35.6 Å². The lowest BCUT2D eigenvalue weighted by Crippen LogP contribution is -2.45. The van der Waals surface area contributed by atoms with Gasteiger partial charge in [-0.1, -0.05) is 42.5 Å². The van der Waals surface area contributed by atoms with E-state index in [0.717, 1.165) is 5.75 Å². The summed E-state index contributed by atoms with van der Waals surface area (Å²) in [5.41, 5.74) is 9.99. The molecule has 0 saturated heterocycles. The minimum atomic E-state index is 0.275. The Kier molecular flexibility index (Phi) is 4.19. The number of hydrogen-bond donors (Lipinski definition) is 1. The minimum Gasteiger partial charge on any atom is -0.496 e. The molecule has 0 bridgehead atoms. The van der Waals surface area contributed by atoms with Crippen molar-refractivity contribution >= 4 is 0 Å². The highest BCUT2D eigenvalue weighted by Gasteiger charge is 2.37. The molecule has 0 aliphatic carbocycles. The number of fused-ring (bicyclic) bond motifs is 1. The maximum Gasteiger partial charge on any atom is 0.122 e. The van der Waals surface area contributed by atoms with Crippen LogP contribution >= 0.6 is 0 Å². The van der Waals surface area contributed by atoms with Crippen molar-refractivity contribution in [3.8, 4) is 5.75 Å². The van der Waals surface area contributed by atoms with Crippen molar-refractivity contribution in [1.82, 2.24) is 4.90 Å². The molecule has 0 spiro atoms. The monoisotopic (exact) mass is 296 g/mol. The third-order valence-electron chi connectivity index (χ3n) is 5.00. The van der Waals surface area contributed by atoms with Crippen LogP contribution in [0.25, 0.3) is 0 Å². The molecule has 0 saturated carbocycles. The van der Waals surface area contributed by atoms with E-state index in [2.05, 4.69) is 55.3 Å². The molecule has 3 atom stereocenters. The van der Waals surface area contributed by atoms with Crippen LogP contribution in [0.3, 0.4) is 0 Å². The first-order valence-corrected chi connectivity index (χ1v) is 7.82. The molecule has 0 fully saturated rings. The van der Waals surface area contributed by atoms with Crippen molar-refractivity contribution in [3.05, 3.63) is 65.2 Å². The molecule has 0 radical (unpaired) electrons. The van der Waals surface area contributed by atoms with Gasteiger partial charge >= 0.3 is 0 Å². The summed E-state index contributed by atoms with van der Waals surface area (Å²) in [5.74, 6) is 1.24. The topological polar surface area (TPSA) is 38.5 Å². The highest BCUT2D eigenvalue weighted by molar-refractivity contribution is 5.48. The van der Waals surface area contributed by atoms with Crippen LogP contribution in [0.4, 0.5) is 0 Å². The van der Waals surface area contributed by atoms with Gasteiger partial charge in [0, 0.05) is 30.1 Å². The summed E-state index contributed by atoms with van der Waals surface area (Å²) >= 11 is 0. The molecule has 1 heterocycles. The van der Waals surface area contributed by atoms with Gasteiger partial charge in [0.25, 0.3) is 0 Å². The summed E-state index contributed by atoms with van der Waals surface area (Å²) < 4.78 is 5.61. The van der Waals surface area contributed by atoms with E-state index >= 15 is 0 Å². The Hall–Kier alpha value is -1.84. The SMILES string of the molecule is COc1ccccc1C1c2ccccc2C(CN)N(C)C1C. The van der Waals surface area contributed by atoms with E-state index in [4.69, 9.17) is 10.5 Å². The molecule has 2 aromatic carbocycles. The van der Waals surface area contributed by atoms with Gasteiger partial charge in [0.2, 0.25) is 0 Å². The summed E-state index contributed by atoms with van der Waals surface area (Å²) in [6.07, 6.45) is 0. The molecule has 3 rings (SSSR count). The number of likely N-dealkylation sites (N-methyl/N-ethyl adjacent to an activating group) is 1. The number of rotatable bonds is 3. The maximum atomic E-state index is 6.04. The van der Waals surface area contributed by atoms with Gasteiger partial charge < -0.3 is 10.5 Å². The number of para-hydroxylation sites is 1. The normalized spacial score (nSPS) is 24.8. The third kappa shape index (κ3) is 2.31. The molecule has 116 valence electrons. The first-order chi connectivity index (χ1) is 10.7. The van der Waals surface area contributed by atoms with Crippen molar-refractivity contribution in [2.75, 3.05) is 20.7 Å². The van der Waals surface area contributed by atoms with Gasteiger partial charge in [-0.3, -0.25) is 4.90 Å². The van der Waals surface area contributed by atoms with Crippen molar-refractivity contribution in [3.63, 3.8) is 0 Å². The summed E-state index contributed by atoms with van der Waals surface area (Å²) in [6, 6.07) is 17.6. The van der Waals surface area contributed by atoms with E-state index in [1.165, 1.54) is 16.7 Å². The zero-order valence-corrected chi connectivity index (χ0v) is 13.5. The molecule has 0 aromatic heterocycles. The maximum absolute atomic E-state index is 6.04. The lowest BCUT2D eigenvalue weighted by atomic mass is 9.76. The summed E-state index contributed by atoms with van der Waals surface area (Å²) in [6.45, 7) is 2.91. The molecule has 1 aliphatic heterocycles. The van der Waals surface area contributed by atoms with E-state index in [-0.39, 0.29) is 6.04 Å². The number of nitrogens with two attached hydrogens (primary N) is 1. The molecular formula is C19H24N2O. The molecule has 3 nitrogen and oxygen atoms in total. The molecule has 0 amide bonds. The zero-order chi connectivity index (χ0) is 15.7. The second kappa shape index (κ2) is 6.11. The smallest absolute Gasteiger partial charge is 0.122 e. The highest BCUT2D eigenvalue weighted by atomic mass is 16.5. The predicted molar refractivity (Wildman–Crippen MR) is 90.3 cm³/mol. The molecular weight excluding hydrogens is 272 g/mol. The quantitative estimate of drug-likeness (QED) is 0.945. The first-order valence-electron chi connectivity index (χ1n) is 7.82. The second-order valence-corrected chi connectivity index (χ2v) is 6.01. The van der Waals surface area contributed by atoms with Crippen LogP contribution in [0, 0.1) is 0 Å². The van der Waals surface area contributed by atoms with Crippen LogP contribution in [0.15, 0.2) is 48.5 Å². The van der Waals surface area contributed by atoms with Gasteiger partial charge in [0.1, 0.15) is 5.75 Å². The third-order valence-corrected chi connectivity index (χ3v) is 5.00. The Morgan fingerprint density at radius 3 is 2.23 bits per heavy atom. The lowest BCUT2D eigenvalue weighted by Gasteiger charge is -2.44. The Bertz CT molecular complexity index is 655. The fourth-order valence-corrected chi connectivity index (χ4v) is 3.74. The average molecular weight is 296 g/mol. The molecule has 2 aromatic rings. The van der Waals surface area contributed by atoms with Crippen molar-refractivity contribution in [2.45, 2.75) is 24.9 Å². The fourth-order valence-electron chi connectivity index (χ4n) is 3.74. The lowest BCUT2D eigenvalue weighted by molar-refractivity contribution is 0.155. The van der Waals surface area contributed by atoms with Crippen molar-refractivity contribution < 1.29 is 4.74 Å². The van der Waals surface area contributed by atoms with Gasteiger partial charge in [0.05, 0.1) is 7.11 Å². The van der Waals surface area contributed by atoms with Crippen molar-refractivity contribution in [2.24, 2.45) is 5.73 Å². The largest absolute Gasteiger partial charge is 0.496 e. The number of ether oxygens (including phenoxy) is 1. The van der Waals surface area contributed by atoms with Crippen LogP contribution in [0.2, 0.25) is 0 Å². The minimum absolute atomic E-state index is 0.275. The van der Waals surface area contributed by atoms with Crippen LogP contribution in [-0.4, -0.2) is 31.6 Å². The summed E-state index contributed by atoms with van der Waals surface area (Å²) in [4.78, 5) is 2.39. The van der Waals surface area contributed by atoms with Gasteiger partial charge in [-0.25, -0.2) is 0 Å². The number of nitrogens with zero attached hydrogens (tertiary/aromatic N) is 1. The van der Waals surface area contributed by atoms with E-state index in [1.807, 2.05) is 12.1 Å². The van der Waals surface area contributed by atoms with E-state index < -0.39 is 0 Å². The number of hydrogen-bond acceptors (Lipinski definition) is 3. The second-order valence-electron chi connectivity index (χ2n) is 6.01. The summed E-state index contributed by atoms with van der Waals surface area (Å²) in [5, 5.41) is 0. The molecule has 2 N–H and O–H groups in total. The Balaban J connectivity index is 2.18. The van der Waals surface area contributed by atoms with Gasteiger partial charge in [-0.15, -0.1) is 0 Å². The molecule has 22 heavy (non-hydrogen) atoms.